The topological polar surface area (TPSA) is 70.6 Å². The lowest BCUT2D eigenvalue weighted by molar-refractivity contribution is -0.120. The van der Waals surface area contributed by atoms with E-state index in [4.69, 9.17) is 4.74 Å². The van der Waals surface area contributed by atoms with Gasteiger partial charge in [-0.1, -0.05) is 18.2 Å². The van der Waals surface area contributed by atoms with Crippen LogP contribution in [0, 0.1) is 6.92 Å². The SMILES string of the molecule is COCCNC(=O)CNCc1cccc(C)c1O. The van der Waals surface area contributed by atoms with Crippen LogP contribution in [0.15, 0.2) is 18.2 Å². The minimum Gasteiger partial charge on any atom is -0.507 e. The lowest BCUT2D eigenvalue weighted by atomic mass is 10.1. The largest absolute Gasteiger partial charge is 0.507 e. The van der Waals surface area contributed by atoms with Crippen molar-refractivity contribution in [2.24, 2.45) is 0 Å². The fraction of sp³-hybridized carbons (Fsp3) is 0.462. The van der Waals surface area contributed by atoms with Gasteiger partial charge in [0.25, 0.3) is 0 Å². The third kappa shape index (κ3) is 4.73. The smallest absolute Gasteiger partial charge is 0.234 e. The summed E-state index contributed by atoms with van der Waals surface area (Å²) in [6.45, 7) is 3.54. The van der Waals surface area contributed by atoms with Gasteiger partial charge in [-0.25, -0.2) is 0 Å². The van der Waals surface area contributed by atoms with Crippen LogP contribution in [0.5, 0.6) is 5.75 Å². The molecule has 1 rings (SSSR count). The average Bonchev–Trinajstić information content (AvgIpc) is 2.35. The van der Waals surface area contributed by atoms with Gasteiger partial charge in [-0.05, 0) is 12.5 Å². The van der Waals surface area contributed by atoms with Crippen molar-refractivity contribution in [2.45, 2.75) is 13.5 Å². The van der Waals surface area contributed by atoms with Gasteiger partial charge in [0.2, 0.25) is 5.91 Å². The summed E-state index contributed by atoms with van der Waals surface area (Å²) in [5.41, 5.74) is 1.62. The molecule has 100 valence electrons. The van der Waals surface area contributed by atoms with Gasteiger partial charge in [0.1, 0.15) is 5.75 Å². The molecule has 0 spiro atoms. The van der Waals surface area contributed by atoms with E-state index < -0.39 is 0 Å². The maximum atomic E-state index is 11.4. The summed E-state index contributed by atoms with van der Waals surface area (Å²) in [6.07, 6.45) is 0. The maximum Gasteiger partial charge on any atom is 0.234 e. The molecule has 1 aromatic rings. The molecular weight excluding hydrogens is 232 g/mol. The van der Waals surface area contributed by atoms with E-state index in [1.807, 2.05) is 25.1 Å². The molecule has 0 saturated heterocycles. The van der Waals surface area contributed by atoms with Crippen molar-refractivity contribution < 1.29 is 14.6 Å². The number of phenols is 1. The number of ether oxygens (including phenoxy) is 1. The summed E-state index contributed by atoms with van der Waals surface area (Å²) < 4.78 is 4.83. The number of hydrogen-bond donors (Lipinski definition) is 3. The monoisotopic (exact) mass is 252 g/mol. The molecule has 0 fully saturated rings. The number of methoxy groups -OCH3 is 1. The van der Waals surface area contributed by atoms with Crippen molar-refractivity contribution in [2.75, 3.05) is 26.8 Å². The van der Waals surface area contributed by atoms with Crippen molar-refractivity contribution in [1.82, 2.24) is 10.6 Å². The van der Waals surface area contributed by atoms with Gasteiger partial charge in [0.05, 0.1) is 13.2 Å². The quantitative estimate of drug-likeness (QED) is 0.620. The van der Waals surface area contributed by atoms with Crippen LogP contribution in [0.1, 0.15) is 11.1 Å². The van der Waals surface area contributed by atoms with Crippen molar-refractivity contribution >= 4 is 5.91 Å². The van der Waals surface area contributed by atoms with Crippen LogP contribution in [-0.4, -0.2) is 37.8 Å². The number of carbonyl (C=O) groups excluding carboxylic acids is 1. The fourth-order valence-corrected chi connectivity index (χ4v) is 1.53. The van der Waals surface area contributed by atoms with Crippen molar-refractivity contribution in [3.05, 3.63) is 29.3 Å². The van der Waals surface area contributed by atoms with E-state index in [1.54, 1.807) is 7.11 Å². The van der Waals surface area contributed by atoms with Crippen LogP contribution in [0.4, 0.5) is 0 Å². The molecule has 18 heavy (non-hydrogen) atoms. The van der Waals surface area contributed by atoms with Crippen LogP contribution in [-0.2, 0) is 16.1 Å². The van der Waals surface area contributed by atoms with E-state index >= 15 is 0 Å². The number of carbonyl (C=O) groups is 1. The van der Waals surface area contributed by atoms with E-state index in [0.717, 1.165) is 11.1 Å². The molecule has 0 heterocycles. The Bertz CT molecular complexity index is 394. The molecule has 0 unspecified atom stereocenters. The standard InChI is InChI=1S/C13H20N2O3/c1-10-4-3-5-11(13(10)17)8-14-9-12(16)15-6-7-18-2/h3-5,14,17H,6-9H2,1-2H3,(H,15,16). The fourth-order valence-electron chi connectivity index (χ4n) is 1.53. The zero-order chi connectivity index (χ0) is 13.4. The van der Waals surface area contributed by atoms with Crippen LogP contribution < -0.4 is 10.6 Å². The molecule has 0 aromatic heterocycles. The second-order valence-corrected chi connectivity index (χ2v) is 4.03. The first-order valence-corrected chi connectivity index (χ1v) is 5.89. The Kier molecular flexibility index (Phi) is 6.18. The predicted molar refractivity (Wildman–Crippen MR) is 69.4 cm³/mol. The number of para-hydroxylation sites is 1. The van der Waals surface area contributed by atoms with Crippen LogP contribution in [0.2, 0.25) is 0 Å². The van der Waals surface area contributed by atoms with E-state index in [9.17, 15) is 9.90 Å². The Morgan fingerprint density at radius 3 is 2.94 bits per heavy atom. The second-order valence-electron chi connectivity index (χ2n) is 4.03. The highest BCUT2D eigenvalue weighted by Crippen LogP contribution is 2.20. The molecule has 0 aliphatic carbocycles. The number of hydrogen-bond acceptors (Lipinski definition) is 4. The Morgan fingerprint density at radius 2 is 2.22 bits per heavy atom. The first-order chi connectivity index (χ1) is 8.65. The Labute approximate surface area is 107 Å². The summed E-state index contributed by atoms with van der Waals surface area (Å²) in [7, 11) is 1.59. The number of aromatic hydroxyl groups is 1. The highest BCUT2D eigenvalue weighted by atomic mass is 16.5. The summed E-state index contributed by atoms with van der Waals surface area (Å²) in [5, 5.41) is 15.5. The lowest BCUT2D eigenvalue weighted by Gasteiger charge is -2.09. The molecule has 0 saturated carbocycles. The van der Waals surface area contributed by atoms with Gasteiger partial charge in [0, 0.05) is 25.8 Å². The first kappa shape index (κ1) is 14.5. The number of rotatable bonds is 7. The maximum absolute atomic E-state index is 11.4. The summed E-state index contributed by atoms with van der Waals surface area (Å²) in [6, 6.07) is 5.55. The molecule has 0 bridgehead atoms. The number of aryl methyl sites for hydroxylation is 1. The molecule has 0 aliphatic rings. The zero-order valence-electron chi connectivity index (χ0n) is 10.8. The third-order valence-electron chi connectivity index (χ3n) is 2.55. The van der Waals surface area contributed by atoms with Crippen LogP contribution in [0.25, 0.3) is 0 Å². The van der Waals surface area contributed by atoms with Gasteiger partial charge < -0.3 is 20.5 Å². The summed E-state index contributed by atoms with van der Waals surface area (Å²) in [5.74, 6) is 0.198. The summed E-state index contributed by atoms with van der Waals surface area (Å²) >= 11 is 0. The molecule has 0 aliphatic heterocycles. The van der Waals surface area contributed by atoms with E-state index in [1.165, 1.54) is 0 Å². The second kappa shape index (κ2) is 7.68. The van der Waals surface area contributed by atoms with E-state index in [2.05, 4.69) is 10.6 Å². The van der Waals surface area contributed by atoms with E-state index in [-0.39, 0.29) is 18.2 Å². The predicted octanol–water partition coefficient (Wildman–Crippen LogP) is 0.553. The number of amides is 1. The number of nitrogens with one attached hydrogen (secondary N) is 2. The highest BCUT2D eigenvalue weighted by molar-refractivity contribution is 5.77. The molecule has 1 amide bonds. The number of phenolic OH excluding ortho intramolecular Hbond substituents is 1. The van der Waals surface area contributed by atoms with Gasteiger partial charge in [-0.3, -0.25) is 4.79 Å². The third-order valence-corrected chi connectivity index (χ3v) is 2.55. The summed E-state index contributed by atoms with van der Waals surface area (Å²) in [4.78, 5) is 11.4. The average molecular weight is 252 g/mol. The molecule has 5 nitrogen and oxygen atoms in total. The van der Waals surface area contributed by atoms with Crippen molar-refractivity contribution in [1.29, 1.82) is 0 Å². The Morgan fingerprint density at radius 1 is 1.44 bits per heavy atom. The van der Waals surface area contributed by atoms with Gasteiger partial charge >= 0.3 is 0 Å². The van der Waals surface area contributed by atoms with Crippen molar-refractivity contribution in [3.63, 3.8) is 0 Å². The minimum absolute atomic E-state index is 0.0841. The zero-order valence-corrected chi connectivity index (χ0v) is 10.8. The highest BCUT2D eigenvalue weighted by Gasteiger charge is 2.04. The number of benzene rings is 1. The van der Waals surface area contributed by atoms with Gasteiger partial charge in [0.15, 0.2) is 0 Å². The normalized spacial score (nSPS) is 10.3. The molecule has 0 radical (unpaired) electrons. The van der Waals surface area contributed by atoms with Crippen LogP contribution in [0.3, 0.4) is 0 Å². The molecule has 3 N–H and O–H groups in total. The first-order valence-electron chi connectivity index (χ1n) is 5.89. The molecule has 0 atom stereocenters. The Hall–Kier alpha value is -1.59. The van der Waals surface area contributed by atoms with Gasteiger partial charge in [-0.2, -0.15) is 0 Å². The molecule has 5 heteroatoms. The lowest BCUT2D eigenvalue weighted by Crippen LogP contribution is -2.35. The van der Waals surface area contributed by atoms with E-state index in [0.29, 0.717) is 19.7 Å². The van der Waals surface area contributed by atoms with Crippen molar-refractivity contribution in [3.8, 4) is 5.75 Å². The minimum atomic E-state index is -0.0841. The Balaban J connectivity index is 2.29. The molecular formula is C13H20N2O3. The molecule has 1 aromatic carbocycles. The van der Waals surface area contributed by atoms with Crippen LogP contribution >= 0.6 is 0 Å². The van der Waals surface area contributed by atoms with Gasteiger partial charge in [-0.15, -0.1) is 0 Å².